The number of ketones is 1. The van der Waals surface area contributed by atoms with Crippen LogP contribution >= 0.6 is 11.6 Å². The van der Waals surface area contributed by atoms with E-state index < -0.39 is 93.1 Å². The minimum absolute atomic E-state index is 0.106. The summed E-state index contributed by atoms with van der Waals surface area (Å²) in [5.74, 6) is -5.88. The zero-order valence-electron chi connectivity index (χ0n) is 36.6. The van der Waals surface area contributed by atoms with Crippen LogP contribution in [0, 0.1) is 11.8 Å². The second kappa shape index (κ2) is 20.9. The molecule has 1 heterocycles. The van der Waals surface area contributed by atoms with Gasteiger partial charge < -0.3 is 34.9 Å². The van der Waals surface area contributed by atoms with Gasteiger partial charge in [0, 0.05) is 24.5 Å². The molecule has 0 spiro atoms. The highest BCUT2D eigenvalue weighted by atomic mass is 35.5. The average molecular weight is 933 g/mol. The number of halogens is 4. The number of nitrogens with zero attached hydrogens (tertiary/aromatic N) is 1. The Morgan fingerprint density at radius 3 is 2.03 bits per heavy atom. The summed E-state index contributed by atoms with van der Waals surface area (Å²) in [6, 6.07) is 15.2. The molecule has 4 N–H and O–H groups in total. The van der Waals surface area contributed by atoms with Crippen LogP contribution in [0.25, 0.3) is 0 Å². The van der Waals surface area contributed by atoms with Gasteiger partial charge in [-0.05, 0) is 98.4 Å². The lowest BCUT2D eigenvalue weighted by Crippen LogP contribution is -2.58. The molecule has 0 aromatic heterocycles. The van der Waals surface area contributed by atoms with Crippen LogP contribution < -0.4 is 20.7 Å². The lowest BCUT2D eigenvalue weighted by atomic mass is 9.77. The third-order valence-electron chi connectivity index (χ3n) is 11.7. The SMILES string of the molecule is COc1ccc(C([C@@H]2C[C@@H](C(=O)N[C@H](C(=O)C(F)(F)F)C(C)C)N(C(=O)[C@H](Cc3ccc(CNC(=O)OC(C)(C)C)cc3)NC(=O)C3(c4ccc(Cl)cc4)CCCC3)C2)S(=O)O)cc1. The Kier molecular flexibility index (Phi) is 16.3. The van der Waals surface area contributed by atoms with Gasteiger partial charge in [0.15, 0.2) is 11.1 Å². The highest BCUT2D eigenvalue weighted by Crippen LogP contribution is 2.43. The molecule has 2 fully saturated rings. The van der Waals surface area contributed by atoms with Crippen molar-refractivity contribution < 1.29 is 55.4 Å². The molecule has 1 aliphatic heterocycles. The summed E-state index contributed by atoms with van der Waals surface area (Å²) < 4.78 is 75.7. The van der Waals surface area contributed by atoms with Gasteiger partial charge in [0.2, 0.25) is 17.7 Å². The number of nitrogens with one attached hydrogen (secondary N) is 3. The van der Waals surface area contributed by atoms with Crippen LogP contribution in [0.4, 0.5) is 18.0 Å². The molecule has 2 unspecified atom stereocenters. The molecule has 1 saturated heterocycles. The molecule has 6 atom stereocenters. The van der Waals surface area contributed by atoms with Crippen molar-refractivity contribution in [1.82, 2.24) is 20.9 Å². The lowest BCUT2D eigenvalue weighted by Gasteiger charge is -2.34. The number of rotatable bonds is 16. The number of carbonyl (C=O) groups is 5. The van der Waals surface area contributed by atoms with Crippen molar-refractivity contribution in [2.75, 3.05) is 13.7 Å². The Balaban J connectivity index is 1.54. The fourth-order valence-electron chi connectivity index (χ4n) is 8.50. The molecule has 1 saturated carbocycles. The first-order valence-electron chi connectivity index (χ1n) is 21.1. The topological polar surface area (TPSA) is 180 Å². The number of benzene rings is 3. The van der Waals surface area contributed by atoms with Crippen molar-refractivity contribution in [2.45, 2.75) is 120 Å². The van der Waals surface area contributed by atoms with Gasteiger partial charge in [-0.25, -0.2) is 9.00 Å². The molecule has 2 aliphatic rings. The summed E-state index contributed by atoms with van der Waals surface area (Å²) in [7, 11) is 1.45. The fraction of sp³-hybridized carbons (Fsp3) is 0.500. The van der Waals surface area contributed by atoms with Crippen LogP contribution in [0.5, 0.6) is 5.75 Å². The first-order valence-corrected chi connectivity index (χ1v) is 22.6. The molecule has 0 radical (unpaired) electrons. The third-order valence-corrected chi connectivity index (χ3v) is 13.1. The highest BCUT2D eigenvalue weighted by molar-refractivity contribution is 7.79. The van der Waals surface area contributed by atoms with E-state index in [0.29, 0.717) is 45.9 Å². The molecule has 4 amide bonds. The Hall–Kier alpha value is -5.00. The van der Waals surface area contributed by atoms with Crippen LogP contribution in [0.1, 0.15) is 94.2 Å². The van der Waals surface area contributed by atoms with E-state index in [9.17, 15) is 41.1 Å². The number of likely N-dealkylation sites (tertiary alicyclic amines) is 1. The third kappa shape index (κ3) is 12.4. The summed E-state index contributed by atoms with van der Waals surface area (Å²) in [5.41, 5.74) is 0.599. The van der Waals surface area contributed by atoms with Crippen LogP contribution in [0.3, 0.4) is 0 Å². The standard InChI is InChI=1S/C46H56ClF3N4O9S/c1-27(2)37(39(55)46(48,49)50)53-40(56)36-24-31(38(64(60)61)30-13-19-34(62-6)20-14-30)26-54(36)41(57)35(23-28-9-11-29(12-10-28)25-51-43(59)63-44(3,4)5)52-42(58)45(21-7-8-22-45)32-15-17-33(47)18-16-32/h9-20,27,31,35-38H,7-8,21-26H2,1-6H3,(H,51,59)(H,52,58)(H,53,56)(H,60,61)/t31-,35+,36+,37+,38?/m1/s1. The Labute approximate surface area is 378 Å². The zero-order chi connectivity index (χ0) is 47.1. The summed E-state index contributed by atoms with van der Waals surface area (Å²) in [6.45, 7) is 7.72. The second-order valence-electron chi connectivity index (χ2n) is 17.8. The normalized spacial score (nSPS) is 19.3. The van der Waals surface area contributed by atoms with E-state index in [-0.39, 0.29) is 25.9 Å². The van der Waals surface area contributed by atoms with Crippen LogP contribution in [-0.2, 0) is 53.4 Å². The van der Waals surface area contributed by atoms with Crippen molar-refractivity contribution in [3.63, 3.8) is 0 Å². The summed E-state index contributed by atoms with van der Waals surface area (Å²) in [6.07, 6.45) is -3.88. The van der Waals surface area contributed by atoms with E-state index in [2.05, 4.69) is 16.0 Å². The van der Waals surface area contributed by atoms with Crippen molar-refractivity contribution in [1.29, 1.82) is 0 Å². The maximum Gasteiger partial charge on any atom is 0.452 e. The predicted molar refractivity (Wildman–Crippen MR) is 235 cm³/mol. The number of hydrogen-bond acceptors (Lipinski definition) is 8. The molecule has 3 aromatic carbocycles. The Bertz CT molecular complexity index is 2160. The number of amides is 4. The number of Topliss-reactive ketones (excluding diaryl/α,β-unsaturated/α-hetero) is 1. The smallest absolute Gasteiger partial charge is 0.452 e. The number of ether oxygens (including phenoxy) is 2. The molecule has 348 valence electrons. The first-order chi connectivity index (χ1) is 30.0. The molecule has 5 rings (SSSR count). The Morgan fingerprint density at radius 1 is 0.906 bits per heavy atom. The maximum atomic E-state index is 15.2. The summed E-state index contributed by atoms with van der Waals surface area (Å²) >= 11 is 3.65. The van der Waals surface area contributed by atoms with Crippen molar-refractivity contribution in [2.24, 2.45) is 11.8 Å². The fourth-order valence-corrected chi connectivity index (χ4v) is 9.54. The van der Waals surface area contributed by atoms with Gasteiger partial charge in [-0.2, -0.15) is 13.2 Å². The molecule has 3 aromatic rings. The van der Waals surface area contributed by atoms with Gasteiger partial charge in [0.05, 0.1) is 23.8 Å². The molecule has 0 bridgehead atoms. The quantitative estimate of drug-likeness (QED) is 0.107. The van der Waals surface area contributed by atoms with Crippen molar-refractivity contribution in [3.05, 3.63) is 100 Å². The van der Waals surface area contributed by atoms with E-state index in [0.717, 1.165) is 17.7 Å². The van der Waals surface area contributed by atoms with Gasteiger partial charge in [0.25, 0.3) is 5.78 Å². The van der Waals surface area contributed by atoms with Gasteiger partial charge in [-0.15, -0.1) is 0 Å². The monoisotopic (exact) mass is 932 g/mol. The largest absolute Gasteiger partial charge is 0.497 e. The van der Waals surface area contributed by atoms with Crippen LogP contribution in [0.2, 0.25) is 5.02 Å². The maximum absolute atomic E-state index is 15.2. The number of carbonyl (C=O) groups excluding carboxylic acids is 5. The first kappa shape index (κ1) is 50.0. The van der Waals surface area contributed by atoms with E-state index in [1.807, 2.05) is 0 Å². The molecular formula is C46H56ClF3N4O9S. The van der Waals surface area contributed by atoms with E-state index in [1.165, 1.54) is 21.0 Å². The number of methoxy groups -OCH3 is 1. The molecule has 13 nitrogen and oxygen atoms in total. The molecular weight excluding hydrogens is 877 g/mol. The molecule has 64 heavy (non-hydrogen) atoms. The van der Waals surface area contributed by atoms with Gasteiger partial charge >= 0.3 is 12.3 Å². The van der Waals surface area contributed by atoms with Crippen LogP contribution in [-0.4, -0.2) is 86.8 Å². The van der Waals surface area contributed by atoms with Gasteiger partial charge in [0.1, 0.15) is 23.4 Å². The lowest BCUT2D eigenvalue weighted by molar-refractivity contribution is -0.175. The second-order valence-corrected chi connectivity index (χ2v) is 19.3. The number of alkyl halides is 3. The predicted octanol–water partition coefficient (Wildman–Crippen LogP) is 7.36. The summed E-state index contributed by atoms with van der Waals surface area (Å²) in [5, 5.41) is 7.22. The van der Waals surface area contributed by atoms with Gasteiger partial charge in [-0.3, -0.25) is 19.2 Å². The minimum Gasteiger partial charge on any atom is -0.497 e. The Morgan fingerprint density at radius 2 is 1.50 bits per heavy atom. The van der Waals surface area contributed by atoms with E-state index in [4.69, 9.17) is 21.1 Å². The van der Waals surface area contributed by atoms with E-state index >= 15 is 4.79 Å². The molecule has 1 aliphatic carbocycles. The highest BCUT2D eigenvalue weighted by Gasteiger charge is 2.50. The van der Waals surface area contributed by atoms with Gasteiger partial charge in [-0.1, -0.05) is 86.8 Å². The minimum atomic E-state index is -5.28. The van der Waals surface area contributed by atoms with Crippen molar-refractivity contribution in [3.8, 4) is 5.75 Å². The average Bonchev–Trinajstić information content (AvgIpc) is 3.91. The van der Waals surface area contributed by atoms with Crippen LogP contribution in [0.15, 0.2) is 72.8 Å². The molecule has 18 heteroatoms. The van der Waals surface area contributed by atoms with Crippen molar-refractivity contribution >= 4 is 52.3 Å². The van der Waals surface area contributed by atoms with E-state index in [1.54, 1.807) is 93.6 Å². The number of hydrogen-bond donors (Lipinski definition) is 4. The summed E-state index contributed by atoms with van der Waals surface area (Å²) in [4.78, 5) is 70.1. The number of alkyl carbamates (subject to hydrolysis) is 1. The zero-order valence-corrected chi connectivity index (χ0v) is 38.2.